The van der Waals surface area contributed by atoms with Crippen molar-refractivity contribution in [1.29, 1.82) is 0 Å². The smallest absolute Gasteiger partial charge is 0.475 e. The SMILES string of the molecule is Cn1c(C(=O)N2CC[C@H]3[C@H]2CCN3Cc2cccnc2)cccc1=O.O=C(O)C(F)(F)F.O=C(O)C(F)(F)F. The van der Waals surface area contributed by atoms with E-state index in [9.17, 15) is 35.9 Å². The van der Waals surface area contributed by atoms with Crippen LogP contribution in [0.3, 0.4) is 0 Å². The molecular weight excluding hydrogens is 542 g/mol. The van der Waals surface area contributed by atoms with Gasteiger partial charge in [-0.15, -0.1) is 0 Å². The van der Waals surface area contributed by atoms with Crippen LogP contribution in [-0.2, 0) is 23.2 Å². The zero-order valence-electron chi connectivity index (χ0n) is 20.3. The van der Waals surface area contributed by atoms with E-state index in [0.29, 0.717) is 11.7 Å². The van der Waals surface area contributed by atoms with E-state index in [-0.39, 0.29) is 17.5 Å². The average molecular weight is 566 g/mol. The van der Waals surface area contributed by atoms with Gasteiger partial charge in [-0.05, 0) is 30.5 Å². The van der Waals surface area contributed by atoms with Gasteiger partial charge in [-0.2, -0.15) is 26.3 Å². The number of aliphatic carboxylic acids is 2. The van der Waals surface area contributed by atoms with Crippen molar-refractivity contribution in [2.24, 2.45) is 7.05 Å². The Balaban J connectivity index is 0.000000317. The first-order valence-corrected chi connectivity index (χ1v) is 11.2. The molecule has 0 unspecified atom stereocenters. The Morgan fingerprint density at radius 3 is 2.00 bits per heavy atom. The van der Waals surface area contributed by atoms with Crippen molar-refractivity contribution in [3.05, 3.63) is 64.3 Å². The van der Waals surface area contributed by atoms with Crippen LogP contribution in [0.15, 0.2) is 47.5 Å². The number of alkyl halides is 6. The molecule has 1 amide bonds. The number of carboxylic acid groups (broad SMARTS) is 2. The molecule has 214 valence electrons. The molecule has 2 saturated heterocycles. The normalized spacial score (nSPS) is 18.8. The molecule has 0 bridgehead atoms. The van der Waals surface area contributed by atoms with Gasteiger partial charge in [0.05, 0.1) is 0 Å². The summed E-state index contributed by atoms with van der Waals surface area (Å²) >= 11 is 0. The van der Waals surface area contributed by atoms with E-state index in [1.165, 1.54) is 16.2 Å². The Bertz CT molecular complexity index is 1190. The molecule has 4 rings (SSSR count). The minimum Gasteiger partial charge on any atom is -0.475 e. The summed E-state index contributed by atoms with van der Waals surface area (Å²) in [4.78, 5) is 51.2. The van der Waals surface area contributed by atoms with E-state index < -0.39 is 24.3 Å². The molecule has 10 nitrogen and oxygen atoms in total. The monoisotopic (exact) mass is 566 g/mol. The van der Waals surface area contributed by atoms with Crippen LogP contribution in [0, 0.1) is 0 Å². The van der Waals surface area contributed by atoms with Gasteiger partial charge in [-0.1, -0.05) is 12.1 Å². The number of aromatic nitrogens is 2. The molecule has 0 saturated carbocycles. The number of hydrogen-bond donors (Lipinski definition) is 2. The molecule has 0 aromatic carbocycles. The van der Waals surface area contributed by atoms with Crippen LogP contribution < -0.4 is 5.56 Å². The summed E-state index contributed by atoms with van der Waals surface area (Å²) in [6.45, 7) is 2.61. The number of pyridine rings is 2. The quantitative estimate of drug-likeness (QED) is 0.542. The summed E-state index contributed by atoms with van der Waals surface area (Å²) in [5, 5.41) is 14.2. The Morgan fingerprint density at radius 2 is 1.49 bits per heavy atom. The molecule has 0 aliphatic carbocycles. The minimum absolute atomic E-state index is 0.0315. The van der Waals surface area contributed by atoms with E-state index in [2.05, 4.69) is 16.0 Å². The Kier molecular flexibility index (Phi) is 10.2. The maximum absolute atomic E-state index is 13.0. The highest BCUT2D eigenvalue weighted by Crippen LogP contribution is 2.33. The second kappa shape index (κ2) is 12.7. The molecule has 4 heterocycles. The van der Waals surface area contributed by atoms with Gasteiger partial charge in [-0.25, -0.2) is 9.59 Å². The Morgan fingerprint density at radius 1 is 0.923 bits per heavy atom. The molecule has 0 radical (unpaired) electrons. The van der Waals surface area contributed by atoms with Crippen molar-refractivity contribution in [3.63, 3.8) is 0 Å². The number of hydrogen-bond acceptors (Lipinski definition) is 6. The van der Waals surface area contributed by atoms with Crippen molar-refractivity contribution in [1.82, 2.24) is 19.4 Å². The summed E-state index contributed by atoms with van der Waals surface area (Å²) in [7, 11) is 1.66. The summed E-state index contributed by atoms with van der Waals surface area (Å²) < 4.78 is 64.9. The zero-order valence-corrected chi connectivity index (χ0v) is 20.3. The number of rotatable bonds is 3. The van der Waals surface area contributed by atoms with E-state index in [4.69, 9.17) is 19.8 Å². The second-order valence-electron chi connectivity index (χ2n) is 8.46. The first-order chi connectivity index (χ1) is 18.0. The van der Waals surface area contributed by atoms with Crippen LogP contribution in [0.4, 0.5) is 26.3 Å². The zero-order chi connectivity index (χ0) is 29.5. The van der Waals surface area contributed by atoms with Gasteiger partial charge in [0.1, 0.15) is 5.69 Å². The first kappa shape index (κ1) is 31.3. The number of carboxylic acids is 2. The topological polar surface area (TPSA) is 133 Å². The highest BCUT2D eigenvalue weighted by Gasteiger charge is 2.44. The number of carbonyl (C=O) groups is 3. The van der Waals surface area contributed by atoms with Crippen molar-refractivity contribution in [3.8, 4) is 0 Å². The van der Waals surface area contributed by atoms with E-state index in [1.807, 2.05) is 17.2 Å². The molecule has 2 atom stereocenters. The van der Waals surface area contributed by atoms with E-state index in [1.54, 1.807) is 25.4 Å². The molecule has 39 heavy (non-hydrogen) atoms. The number of likely N-dealkylation sites (tertiary alicyclic amines) is 2. The van der Waals surface area contributed by atoms with Gasteiger partial charge in [0.25, 0.3) is 11.5 Å². The maximum Gasteiger partial charge on any atom is 0.490 e. The van der Waals surface area contributed by atoms with E-state index in [0.717, 1.165) is 32.5 Å². The largest absolute Gasteiger partial charge is 0.490 e. The lowest BCUT2D eigenvalue weighted by Crippen LogP contribution is -2.41. The third kappa shape index (κ3) is 8.53. The molecular formula is C23H24F6N4O6. The number of amides is 1. The molecule has 0 spiro atoms. The lowest BCUT2D eigenvalue weighted by atomic mass is 10.1. The maximum atomic E-state index is 13.0. The van der Waals surface area contributed by atoms with Crippen molar-refractivity contribution < 1.29 is 50.9 Å². The third-order valence-corrected chi connectivity index (χ3v) is 5.95. The summed E-state index contributed by atoms with van der Waals surface area (Å²) in [5.41, 5.74) is 1.53. The molecule has 16 heteroatoms. The third-order valence-electron chi connectivity index (χ3n) is 5.95. The first-order valence-electron chi connectivity index (χ1n) is 11.2. The number of carbonyl (C=O) groups excluding carboxylic acids is 1. The van der Waals surface area contributed by atoms with Crippen LogP contribution in [-0.4, -0.2) is 84.9 Å². The predicted molar refractivity (Wildman–Crippen MR) is 122 cm³/mol. The fourth-order valence-corrected chi connectivity index (χ4v) is 4.18. The standard InChI is InChI=1S/C19H22N4O2.2C2HF3O2/c1-21-17(5-2-6-18(21)24)19(25)23-11-8-15-16(23)7-10-22(15)13-14-4-3-9-20-12-14;2*3-2(4,5)1(6)7/h2-6,9,12,15-16H,7-8,10-11,13H2,1H3;2*(H,6,7)/t15-,16+;;/m0../s1. The molecule has 2 aromatic heterocycles. The minimum atomic E-state index is -5.08. The lowest BCUT2D eigenvalue weighted by molar-refractivity contribution is -0.193. The van der Waals surface area contributed by atoms with Crippen LogP contribution in [0.5, 0.6) is 0 Å². The lowest BCUT2D eigenvalue weighted by Gasteiger charge is -2.26. The molecule has 2 aliphatic heterocycles. The van der Waals surface area contributed by atoms with Gasteiger partial charge in [0.15, 0.2) is 0 Å². The van der Waals surface area contributed by atoms with Crippen molar-refractivity contribution in [2.45, 2.75) is 43.8 Å². The predicted octanol–water partition coefficient (Wildman–Crippen LogP) is 2.54. The average Bonchev–Trinajstić information content (AvgIpc) is 3.44. The Hall–Kier alpha value is -3.95. The van der Waals surface area contributed by atoms with Crippen molar-refractivity contribution >= 4 is 17.8 Å². The summed E-state index contributed by atoms with van der Waals surface area (Å²) in [6, 6.07) is 9.56. The van der Waals surface area contributed by atoms with Crippen LogP contribution in [0.25, 0.3) is 0 Å². The highest BCUT2D eigenvalue weighted by molar-refractivity contribution is 5.93. The number of fused-ring (bicyclic) bond motifs is 1. The second-order valence-corrected chi connectivity index (χ2v) is 8.46. The van der Waals surface area contributed by atoms with Crippen LogP contribution >= 0.6 is 0 Å². The number of nitrogens with zero attached hydrogens (tertiary/aromatic N) is 4. The summed E-state index contributed by atoms with van der Waals surface area (Å²) in [5.74, 6) is -5.55. The Labute approximate surface area is 217 Å². The molecule has 2 aliphatic rings. The highest BCUT2D eigenvalue weighted by atomic mass is 19.4. The fourth-order valence-electron chi connectivity index (χ4n) is 4.18. The van der Waals surface area contributed by atoms with Crippen molar-refractivity contribution in [2.75, 3.05) is 13.1 Å². The van der Waals surface area contributed by atoms with Crippen LogP contribution in [0.1, 0.15) is 28.9 Å². The van der Waals surface area contributed by atoms with Gasteiger partial charge in [0, 0.05) is 57.2 Å². The van der Waals surface area contributed by atoms with Gasteiger partial charge < -0.3 is 19.7 Å². The van der Waals surface area contributed by atoms with Gasteiger partial charge >= 0.3 is 24.3 Å². The van der Waals surface area contributed by atoms with Gasteiger partial charge in [0.2, 0.25) is 0 Å². The van der Waals surface area contributed by atoms with Gasteiger partial charge in [-0.3, -0.25) is 19.5 Å². The molecule has 2 N–H and O–H groups in total. The molecule has 2 aromatic rings. The number of halogens is 6. The molecule has 2 fully saturated rings. The van der Waals surface area contributed by atoms with E-state index >= 15 is 0 Å². The van der Waals surface area contributed by atoms with Crippen LogP contribution in [0.2, 0.25) is 0 Å². The fraction of sp³-hybridized carbons (Fsp3) is 0.435. The summed E-state index contributed by atoms with van der Waals surface area (Å²) in [6.07, 6.45) is -4.50.